The third-order valence-corrected chi connectivity index (χ3v) is 5.95. The summed E-state index contributed by atoms with van der Waals surface area (Å²) >= 11 is 0. The maximum atomic E-state index is 12.0. The van der Waals surface area contributed by atoms with E-state index in [4.69, 9.17) is 10.5 Å². The molecule has 1 unspecified atom stereocenters. The molecule has 0 saturated carbocycles. The summed E-state index contributed by atoms with van der Waals surface area (Å²) in [5.41, 5.74) is 5.14. The van der Waals surface area contributed by atoms with E-state index in [0.29, 0.717) is 6.42 Å². The summed E-state index contributed by atoms with van der Waals surface area (Å²) in [5.74, 6) is 0.0230. The van der Waals surface area contributed by atoms with Gasteiger partial charge in [0.25, 0.3) is 0 Å². The van der Waals surface area contributed by atoms with Gasteiger partial charge in [0, 0.05) is 19.1 Å². The van der Waals surface area contributed by atoms with Gasteiger partial charge in [0.1, 0.15) is 10.3 Å². The summed E-state index contributed by atoms with van der Waals surface area (Å²) in [6.07, 6.45) is -0.0157. The van der Waals surface area contributed by atoms with Crippen molar-refractivity contribution in [3.05, 3.63) is 0 Å². The molecule has 2 aliphatic heterocycles. The van der Waals surface area contributed by atoms with Gasteiger partial charge >= 0.3 is 6.09 Å². The fraction of sp³-hybridized carbons (Fsp3) is 0.909. The highest BCUT2D eigenvalue weighted by molar-refractivity contribution is 7.93. The lowest BCUT2D eigenvalue weighted by Crippen LogP contribution is -2.66. The average Bonchev–Trinajstić information content (AvgIpc) is 2.28. The van der Waals surface area contributed by atoms with Crippen LogP contribution in [0.15, 0.2) is 0 Å². The molecule has 2 rings (SSSR count). The first-order chi connectivity index (χ1) is 8.05. The molecule has 1 amide bonds. The second-order valence-corrected chi connectivity index (χ2v) is 8.69. The monoisotopic (exact) mass is 276 g/mol. The molecule has 0 aromatic heterocycles. The first kappa shape index (κ1) is 13.6. The van der Waals surface area contributed by atoms with Crippen LogP contribution in [0.25, 0.3) is 0 Å². The van der Waals surface area contributed by atoms with Gasteiger partial charge in [0.2, 0.25) is 0 Å². The number of sulfone groups is 1. The minimum atomic E-state index is -3.18. The summed E-state index contributed by atoms with van der Waals surface area (Å²) < 4.78 is 28.3. The molecule has 104 valence electrons. The number of rotatable bonds is 0. The Morgan fingerprint density at radius 3 is 2.33 bits per heavy atom. The Morgan fingerprint density at radius 2 is 1.94 bits per heavy atom. The first-order valence-corrected chi connectivity index (χ1v) is 7.66. The van der Waals surface area contributed by atoms with Crippen LogP contribution >= 0.6 is 0 Å². The number of nitrogens with two attached hydrogens (primary N) is 1. The van der Waals surface area contributed by atoms with Crippen molar-refractivity contribution in [2.45, 2.75) is 43.6 Å². The van der Waals surface area contributed by atoms with Crippen LogP contribution in [-0.2, 0) is 14.6 Å². The van der Waals surface area contributed by atoms with Gasteiger partial charge in [-0.25, -0.2) is 13.2 Å². The highest BCUT2D eigenvalue weighted by Gasteiger charge is 2.59. The van der Waals surface area contributed by atoms with Crippen molar-refractivity contribution < 1.29 is 17.9 Å². The van der Waals surface area contributed by atoms with Crippen LogP contribution in [0.5, 0.6) is 0 Å². The van der Waals surface area contributed by atoms with E-state index in [-0.39, 0.29) is 24.9 Å². The Hall–Kier alpha value is -0.820. The SMILES string of the molecule is CC(C)(C)OC(=O)N1CC2(CC(N)CS2(=O)=O)C1. The van der Waals surface area contributed by atoms with E-state index in [2.05, 4.69) is 0 Å². The number of nitrogens with zero attached hydrogens (tertiary/aromatic N) is 1. The van der Waals surface area contributed by atoms with Crippen LogP contribution in [0.1, 0.15) is 27.2 Å². The van der Waals surface area contributed by atoms with Crippen LogP contribution in [0.4, 0.5) is 4.79 Å². The molecule has 1 spiro atoms. The van der Waals surface area contributed by atoms with E-state index in [1.807, 2.05) is 0 Å². The lowest BCUT2D eigenvalue weighted by molar-refractivity contribution is 0.00323. The van der Waals surface area contributed by atoms with Gasteiger partial charge in [0.15, 0.2) is 9.84 Å². The van der Waals surface area contributed by atoms with Crippen molar-refractivity contribution in [2.24, 2.45) is 5.73 Å². The minimum absolute atomic E-state index is 0.0230. The summed E-state index contributed by atoms with van der Waals surface area (Å²) in [7, 11) is -3.18. The molecule has 0 aromatic carbocycles. The van der Waals surface area contributed by atoms with Gasteiger partial charge in [0.05, 0.1) is 5.75 Å². The summed E-state index contributed by atoms with van der Waals surface area (Å²) in [6.45, 7) is 5.75. The molecule has 0 radical (unpaired) electrons. The third kappa shape index (κ3) is 2.21. The Kier molecular flexibility index (Phi) is 2.90. The minimum Gasteiger partial charge on any atom is -0.444 e. The Labute approximate surface area is 107 Å². The Bertz CT molecular complexity index is 460. The molecule has 18 heavy (non-hydrogen) atoms. The van der Waals surface area contributed by atoms with E-state index in [0.717, 1.165) is 0 Å². The van der Waals surface area contributed by atoms with Gasteiger partial charge in [-0.2, -0.15) is 0 Å². The molecular weight excluding hydrogens is 256 g/mol. The van der Waals surface area contributed by atoms with E-state index >= 15 is 0 Å². The van der Waals surface area contributed by atoms with Crippen molar-refractivity contribution in [3.63, 3.8) is 0 Å². The lowest BCUT2D eigenvalue weighted by atomic mass is 9.93. The number of hydrogen-bond donors (Lipinski definition) is 1. The van der Waals surface area contributed by atoms with Gasteiger partial charge in [-0.3, -0.25) is 0 Å². The van der Waals surface area contributed by atoms with E-state index in [9.17, 15) is 13.2 Å². The highest BCUT2D eigenvalue weighted by atomic mass is 32.2. The van der Waals surface area contributed by atoms with Crippen LogP contribution in [0.3, 0.4) is 0 Å². The Balaban J connectivity index is 2.00. The van der Waals surface area contributed by atoms with Crippen molar-refractivity contribution in [3.8, 4) is 0 Å². The maximum Gasteiger partial charge on any atom is 0.410 e. The van der Waals surface area contributed by atoms with Crippen molar-refractivity contribution in [1.82, 2.24) is 4.90 Å². The van der Waals surface area contributed by atoms with Gasteiger partial charge in [-0.15, -0.1) is 0 Å². The van der Waals surface area contributed by atoms with Gasteiger partial charge < -0.3 is 15.4 Å². The van der Waals surface area contributed by atoms with E-state index in [1.165, 1.54) is 4.90 Å². The molecule has 2 saturated heterocycles. The van der Waals surface area contributed by atoms with Crippen molar-refractivity contribution in [1.29, 1.82) is 0 Å². The molecule has 0 aromatic rings. The average molecular weight is 276 g/mol. The third-order valence-electron chi connectivity index (χ3n) is 3.34. The number of amides is 1. The summed E-state index contributed by atoms with van der Waals surface area (Å²) in [6, 6.07) is -0.309. The first-order valence-electron chi connectivity index (χ1n) is 6.01. The highest BCUT2D eigenvalue weighted by Crippen LogP contribution is 2.40. The van der Waals surface area contributed by atoms with Crippen molar-refractivity contribution >= 4 is 15.9 Å². The van der Waals surface area contributed by atoms with Gasteiger partial charge in [-0.05, 0) is 27.2 Å². The lowest BCUT2D eigenvalue weighted by Gasteiger charge is -2.46. The molecule has 2 aliphatic rings. The zero-order valence-electron chi connectivity index (χ0n) is 11.0. The molecule has 1 atom stereocenters. The smallest absolute Gasteiger partial charge is 0.410 e. The number of ether oxygens (including phenoxy) is 1. The number of carbonyl (C=O) groups excluding carboxylic acids is 1. The second kappa shape index (κ2) is 3.84. The summed E-state index contributed by atoms with van der Waals surface area (Å²) in [4.78, 5) is 13.2. The maximum absolute atomic E-state index is 12.0. The quantitative estimate of drug-likeness (QED) is 0.679. The van der Waals surface area contributed by atoms with Crippen molar-refractivity contribution in [2.75, 3.05) is 18.8 Å². The molecule has 0 bridgehead atoms. The van der Waals surface area contributed by atoms with E-state index < -0.39 is 26.3 Å². The van der Waals surface area contributed by atoms with Crippen LogP contribution in [0, 0.1) is 0 Å². The molecule has 2 N–H and O–H groups in total. The second-order valence-electron chi connectivity index (χ2n) is 6.27. The Morgan fingerprint density at radius 1 is 1.39 bits per heavy atom. The number of hydrogen-bond acceptors (Lipinski definition) is 5. The predicted molar refractivity (Wildman–Crippen MR) is 66.9 cm³/mol. The van der Waals surface area contributed by atoms with Crippen LogP contribution in [-0.4, -0.2) is 54.6 Å². The largest absolute Gasteiger partial charge is 0.444 e. The molecule has 7 heteroatoms. The number of likely N-dealkylation sites (tertiary alicyclic amines) is 1. The summed E-state index contributed by atoms with van der Waals surface area (Å²) in [5, 5.41) is 0. The van der Waals surface area contributed by atoms with Crippen LogP contribution in [0.2, 0.25) is 0 Å². The number of carbonyl (C=O) groups is 1. The topological polar surface area (TPSA) is 89.7 Å². The fourth-order valence-corrected chi connectivity index (χ4v) is 4.76. The van der Waals surface area contributed by atoms with Gasteiger partial charge in [-0.1, -0.05) is 0 Å². The zero-order valence-corrected chi connectivity index (χ0v) is 11.8. The predicted octanol–water partition coefficient (Wildman–Crippen LogP) is 0.122. The normalized spacial score (nSPS) is 29.1. The zero-order chi connectivity index (χ0) is 13.8. The van der Waals surface area contributed by atoms with Crippen LogP contribution < -0.4 is 5.73 Å². The molecule has 2 heterocycles. The molecule has 2 fully saturated rings. The van der Waals surface area contributed by atoms with E-state index in [1.54, 1.807) is 20.8 Å². The molecule has 0 aliphatic carbocycles. The molecular formula is C11H20N2O4S. The standard InChI is InChI=1S/C11H20N2O4S/c1-10(2,3)17-9(14)13-6-11(7-13)4-8(12)5-18(11,15)16/h8H,4-7,12H2,1-3H3. The molecule has 6 nitrogen and oxygen atoms in total. The fourth-order valence-electron chi connectivity index (χ4n) is 2.55.